The number of carbonyl (C=O) groups excluding carboxylic acids is 1. The summed E-state index contributed by atoms with van der Waals surface area (Å²) < 4.78 is 0. The van der Waals surface area contributed by atoms with Crippen LogP contribution in [0, 0.1) is 28.6 Å². The fraction of sp³-hybridized carbons (Fsp3) is 0.952. The summed E-state index contributed by atoms with van der Waals surface area (Å²) in [4.78, 5) is 12.2. The molecule has 142 valence electrons. The van der Waals surface area contributed by atoms with Crippen molar-refractivity contribution in [1.29, 1.82) is 0 Å². The number of hydrogen-bond acceptors (Lipinski definition) is 4. The Morgan fingerprint density at radius 3 is 2.36 bits per heavy atom. The average Bonchev–Trinajstić information content (AvgIpc) is 2.82. The van der Waals surface area contributed by atoms with Crippen molar-refractivity contribution in [3.8, 4) is 0 Å². The molecule has 0 aliphatic heterocycles. The molecule has 0 saturated heterocycles. The van der Waals surface area contributed by atoms with Gasteiger partial charge in [0.15, 0.2) is 0 Å². The SMILES string of the molecule is CC(=O)[C@@H]1CC[C@]2(O)[C@@]3(O)CC[C@H]4C[C@@H](O)CC[C@]4(C)[C@H]3CC[C@]12C. The van der Waals surface area contributed by atoms with Crippen LogP contribution in [0.15, 0.2) is 0 Å². The Morgan fingerprint density at radius 1 is 0.960 bits per heavy atom. The van der Waals surface area contributed by atoms with E-state index in [1.807, 2.05) is 6.92 Å². The average molecular weight is 350 g/mol. The molecule has 4 rings (SSSR count). The highest BCUT2D eigenvalue weighted by atomic mass is 16.4. The van der Waals surface area contributed by atoms with Crippen LogP contribution in [-0.4, -0.2) is 38.4 Å². The maximum atomic E-state index is 12.2. The van der Waals surface area contributed by atoms with E-state index in [1.165, 1.54) is 0 Å². The van der Waals surface area contributed by atoms with Crippen LogP contribution in [0.1, 0.15) is 78.6 Å². The third-order valence-corrected chi connectivity index (χ3v) is 9.42. The summed E-state index contributed by atoms with van der Waals surface area (Å²) in [6, 6.07) is 0. The zero-order valence-electron chi connectivity index (χ0n) is 15.9. The molecule has 0 unspecified atom stereocenters. The van der Waals surface area contributed by atoms with Gasteiger partial charge in [0.05, 0.1) is 17.3 Å². The molecule has 4 fully saturated rings. The van der Waals surface area contributed by atoms with E-state index < -0.39 is 16.6 Å². The number of aliphatic hydroxyl groups is 3. The first-order valence-corrected chi connectivity index (χ1v) is 10.2. The third-order valence-electron chi connectivity index (χ3n) is 9.42. The predicted molar refractivity (Wildman–Crippen MR) is 94.8 cm³/mol. The molecule has 4 aliphatic carbocycles. The number of rotatable bonds is 1. The normalized spacial score (nSPS) is 58.2. The van der Waals surface area contributed by atoms with E-state index in [0.29, 0.717) is 25.2 Å². The second kappa shape index (κ2) is 5.30. The van der Waals surface area contributed by atoms with Crippen LogP contribution < -0.4 is 0 Å². The summed E-state index contributed by atoms with van der Waals surface area (Å²) in [6.07, 6.45) is 6.71. The van der Waals surface area contributed by atoms with Crippen molar-refractivity contribution >= 4 is 5.78 Å². The standard InChI is InChI=1S/C21H34O4/c1-13(22)16-6-11-21(25)19(16,3)9-7-17-18(2)8-5-15(23)12-14(18)4-10-20(17,21)24/h14-17,23-25H,4-12H2,1-3H3/t14-,15-,16-,17+,18-,19+,20+,21+/m0/s1. The van der Waals surface area contributed by atoms with E-state index in [1.54, 1.807) is 6.92 Å². The first-order chi connectivity index (χ1) is 11.6. The summed E-state index contributed by atoms with van der Waals surface area (Å²) in [5.74, 6) is 0.511. The van der Waals surface area contributed by atoms with Crippen LogP contribution in [0.3, 0.4) is 0 Å². The quantitative estimate of drug-likeness (QED) is 0.679. The summed E-state index contributed by atoms with van der Waals surface area (Å²) in [5, 5.41) is 33.9. The number of aliphatic hydroxyl groups excluding tert-OH is 1. The lowest BCUT2D eigenvalue weighted by Gasteiger charge is -2.67. The molecule has 0 aromatic heterocycles. The first kappa shape index (κ1) is 17.9. The maximum Gasteiger partial charge on any atom is 0.133 e. The number of ketones is 1. The highest BCUT2D eigenvalue weighted by Crippen LogP contribution is 2.70. The van der Waals surface area contributed by atoms with Gasteiger partial charge in [-0.05, 0) is 82.0 Å². The molecule has 0 amide bonds. The Bertz CT molecular complexity index is 590. The van der Waals surface area contributed by atoms with Crippen molar-refractivity contribution in [2.45, 2.75) is 95.9 Å². The monoisotopic (exact) mass is 350 g/mol. The van der Waals surface area contributed by atoms with Crippen LogP contribution >= 0.6 is 0 Å². The number of carbonyl (C=O) groups is 1. The van der Waals surface area contributed by atoms with Crippen LogP contribution in [0.4, 0.5) is 0 Å². The maximum absolute atomic E-state index is 12.2. The van der Waals surface area contributed by atoms with Crippen molar-refractivity contribution < 1.29 is 20.1 Å². The fourth-order valence-corrected chi connectivity index (χ4v) is 7.91. The van der Waals surface area contributed by atoms with Gasteiger partial charge in [-0.3, -0.25) is 4.79 Å². The molecule has 0 radical (unpaired) electrons. The van der Waals surface area contributed by atoms with Gasteiger partial charge < -0.3 is 15.3 Å². The van der Waals surface area contributed by atoms with Crippen LogP contribution in [-0.2, 0) is 4.79 Å². The lowest BCUT2D eigenvalue weighted by molar-refractivity contribution is -0.296. The predicted octanol–water partition coefficient (Wildman–Crippen LogP) is 2.83. The van der Waals surface area contributed by atoms with Crippen LogP contribution in [0.5, 0.6) is 0 Å². The number of fused-ring (bicyclic) bond motifs is 5. The highest BCUT2D eigenvalue weighted by molar-refractivity contribution is 5.80. The minimum atomic E-state index is -1.16. The molecule has 4 nitrogen and oxygen atoms in total. The van der Waals surface area contributed by atoms with E-state index >= 15 is 0 Å². The second-order valence-corrected chi connectivity index (χ2v) is 10.2. The van der Waals surface area contributed by atoms with Crippen LogP contribution in [0.25, 0.3) is 0 Å². The Morgan fingerprint density at radius 2 is 1.68 bits per heavy atom. The van der Waals surface area contributed by atoms with Crippen molar-refractivity contribution in [3.05, 3.63) is 0 Å². The fourth-order valence-electron chi connectivity index (χ4n) is 7.91. The molecule has 25 heavy (non-hydrogen) atoms. The molecule has 0 heterocycles. The van der Waals surface area contributed by atoms with Gasteiger partial charge in [0.2, 0.25) is 0 Å². The van der Waals surface area contributed by atoms with Crippen molar-refractivity contribution in [2.75, 3.05) is 0 Å². The summed E-state index contributed by atoms with van der Waals surface area (Å²) in [6.45, 7) is 5.96. The van der Waals surface area contributed by atoms with Gasteiger partial charge in [-0.15, -0.1) is 0 Å². The van der Waals surface area contributed by atoms with Crippen molar-refractivity contribution in [3.63, 3.8) is 0 Å². The molecule has 3 N–H and O–H groups in total. The van der Waals surface area contributed by atoms with Crippen molar-refractivity contribution in [1.82, 2.24) is 0 Å². The molecule has 8 atom stereocenters. The third kappa shape index (κ3) is 2.02. The Labute approximate surface area is 151 Å². The zero-order chi connectivity index (χ0) is 18.3. The van der Waals surface area contributed by atoms with Gasteiger partial charge in [-0.25, -0.2) is 0 Å². The first-order valence-electron chi connectivity index (χ1n) is 10.2. The van der Waals surface area contributed by atoms with Gasteiger partial charge in [-0.2, -0.15) is 0 Å². The van der Waals surface area contributed by atoms with Gasteiger partial charge in [0.1, 0.15) is 5.78 Å². The van der Waals surface area contributed by atoms with Crippen molar-refractivity contribution in [2.24, 2.45) is 28.6 Å². The lowest BCUT2D eigenvalue weighted by Crippen LogP contribution is -2.73. The molecule has 0 aromatic rings. The second-order valence-electron chi connectivity index (χ2n) is 10.2. The summed E-state index contributed by atoms with van der Waals surface area (Å²) >= 11 is 0. The topological polar surface area (TPSA) is 77.8 Å². The molecule has 4 saturated carbocycles. The lowest BCUT2D eigenvalue weighted by atomic mass is 9.41. The van der Waals surface area contributed by atoms with Gasteiger partial charge in [-0.1, -0.05) is 13.8 Å². The molecule has 0 aromatic carbocycles. The summed E-state index contributed by atoms with van der Waals surface area (Å²) in [5.41, 5.74) is -2.79. The zero-order valence-corrected chi connectivity index (χ0v) is 15.9. The van der Waals surface area contributed by atoms with E-state index in [2.05, 4.69) is 6.92 Å². The van der Waals surface area contributed by atoms with E-state index in [-0.39, 0.29) is 29.1 Å². The van der Waals surface area contributed by atoms with E-state index in [9.17, 15) is 20.1 Å². The molecule has 4 heteroatoms. The van der Waals surface area contributed by atoms with E-state index in [0.717, 1.165) is 38.5 Å². The Hall–Kier alpha value is -0.450. The highest BCUT2D eigenvalue weighted by Gasteiger charge is 2.74. The van der Waals surface area contributed by atoms with Gasteiger partial charge >= 0.3 is 0 Å². The molecular weight excluding hydrogens is 316 g/mol. The van der Waals surface area contributed by atoms with Crippen LogP contribution in [0.2, 0.25) is 0 Å². The number of Topliss-reactive ketones (excluding diaryl/α,β-unsaturated/α-hetero) is 1. The molecule has 0 bridgehead atoms. The smallest absolute Gasteiger partial charge is 0.133 e. The molecular formula is C21H34O4. The van der Waals surface area contributed by atoms with E-state index in [4.69, 9.17) is 0 Å². The molecule has 4 aliphatic rings. The van der Waals surface area contributed by atoms with Gasteiger partial charge in [0.25, 0.3) is 0 Å². The minimum Gasteiger partial charge on any atom is -0.393 e. The molecule has 0 spiro atoms. The minimum absolute atomic E-state index is 0.0163. The Balaban J connectivity index is 1.75. The number of hydrogen-bond donors (Lipinski definition) is 3. The summed E-state index contributed by atoms with van der Waals surface area (Å²) in [7, 11) is 0. The largest absolute Gasteiger partial charge is 0.393 e. The Kier molecular flexibility index (Phi) is 3.80. The van der Waals surface area contributed by atoms with Gasteiger partial charge in [0, 0.05) is 11.3 Å².